The number of aliphatic imine (C=N–C) groups is 1. The van der Waals surface area contributed by atoms with Gasteiger partial charge in [0.1, 0.15) is 0 Å². The molecule has 0 saturated carbocycles. The topological polar surface area (TPSA) is 15.6 Å². The summed E-state index contributed by atoms with van der Waals surface area (Å²) < 4.78 is 0. The summed E-state index contributed by atoms with van der Waals surface area (Å²) in [5, 5.41) is 0. The second-order valence-electron chi connectivity index (χ2n) is 8.33. The largest absolute Gasteiger partial charge is 0.347 e. The fourth-order valence-electron chi connectivity index (χ4n) is 3.54. The smallest absolute Gasteiger partial charge is 0.0629 e. The van der Waals surface area contributed by atoms with E-state index in [1.165, 1.54) is 22.5 Å². The van der Waals surface area contributed by atoms with Gasteiger partial charge in [0.15, 0.2) is 0 Å². The number of allylic oxidation sites excluding steroid dienone is 2. The van der Waals surface area contributed by atoms with E-state index in [0.717, 1.165) is 5.69 Å². The third-order valence-electron chi connectivity index (χ3n) is 5.13. The summed E-state index contributed by atoms with van der Waals surface area (Å²) in [4.78, 5) is 6.90. The van der Waals surface area contributed by atoms with Gasteiger partial charge in [-0.3, -0.25) is 4.99 Å². The van der Waals surface area contributed by atoms with E-state index < -0.39 is 0 Å². The lowest BCUT2D eigenvalue weighted by Gasteiger charge is -2.23. The average Bonchev–Trinajstić information content (AvgIpc) is 2.76. The van der Waals surface area contributed by atoms with E-state index in [-0.39, 0.29) is 10.8 Å². The minimum absolute atomic E-state index is 0.00649. The van der Waals surface area contributed by atoms with E-state index in [0.29, 0.717) is 0 Å². The zero-order valence-corrected chi connectivity index (χ0v) is 16.2. The molecule has 2 heteroatoms. The standard InChI is InChI=1S/C23H28N2/c1-22(2,3)17-11-13-18(14-12-17)24-16-15-21-23(4,5)19-9-7-8-10-20(19)25(21)6/h7-16H,1-6H3. The quantitative estimate of drug-likeness (QED) is 0.616. The molecule has 1 heterocycles. The lowest BCUT2D eigenvalue weighted by Crippen LogP contribution is -2.23. The number of benzene rings is 2. The van der Waals surface area contributed by atoms with Crippen LogP contribution < -0.4 is 4.90 Å². The van der Waals surface area contributed by atoms with Gasteiger partial charge in [-0.25, -0.2) is 0 Å². The van der Waals surface area contributed by atoms with Gasteiger partial charge in [0, 0.05) is 30.1 Å². The van der Waals surface area contributed by atoms with Crippen LogP contribution in [0.1, 0.15) is 45.7 Å². The third-order valence-corrected chi connectivity index (χ3v) is 5.13. The Labute approximate surface area is 151 Å². The monoisotopic (exact) mass is 332 g/mol. The first kappa shape index (κ1) is 17.5. The van der Waals surface area contributed by atoms with Crippen LogP contribution in [0.2, 0.25) is 0 Å². The molecule has 1 aliphatic rings. The number of hydrogen-bond donors (Lipinski definition) is 0. The van der Waals surface area contributed by atoms with Crippen molar-refractivity contribution in [2.75, 3.05) is 11.9 Å². The van der Waals surface area contributed by atoms with E-state index in [4.69, 9.17) is 0 Å². The van der Waals surface area contributed by atoms with Gasteiger partial charge in [-0.05, 0) is 40.8 Å². The van der Waals surface area contributed by atoms with E-state index in [9.17, 15) is 0 Å². The van der Waals surface area contributed by atoms with Crippen LogP contribution in [0.3, 0.4) is 0 Å². The number of rotatable bonds is 2. The molecule has 0 aliphatic carbocycles. The van der Waals surface area contributed by atoms with Crippen LogP contribution >= 0.6 is 0 Å². The first-order chi connectivity index (χ1) is 11.7. The van der Waals surface area contributed by atoms with Crippen LogP contribution in [-0.4, -0.2) is 13.3 Å². The number of fused-ring (bicyclic) bond motifs is 1. The van der Waals surface area contributed by atoms with Gasteiger partial charge in [0.25, 0.3) is 0 Å². The van der Waals surface area contributed by atoms with Crippen molar-refractivity contribution in [3.8, 4) is 0 Å². The molecule has 2 aromatic carbocycles. The van der Waals surface area contributed by atoms with Crippen LogP contribution in [0.4, 0.5) is 11.4 Å². The summed E-state index contributed by atoms with van der Waals surface area (Å²) >= 11 is 0. The molecule has 0 atom stereocenters. The molecule has 0 bridgehead atoms. The van der Waals surface area contributed by atoms with Crippen molar-refractivity contribution in [3.63, 3.8) is 0 Å². The lowest BCUT2D eigenvalue weighted by atomic mass is 9.84. The predicted octanol–water partition coefficient (Wildman–Crippen LogP) is 6.00. The van der Waals surface area contributed by atoms with E-state index in [1.54, 1.807) is 0 Å². The highest BCUT2D eigenvalue weighted by molar-refractivity contribution is 5.80. The van der Waals surface area contributed by atoms with Crippen molar-refractivity contribution in [2.24, 2.45) is 4.99 Å². The van der Waals surface area contributed by atoms with Gasteiger partial charge >= 0.3 is 0 Å². The minimum atomic E-state index is -0.00649. The second kappa shape index (κ2) is 6.18. The summed E-state index contributed by atoms with van der Waals surface area (Å²) in [6, 6.07) is 17.1. The molecular formula is C23H28N2. The van der Waals surface area contributed by atoms with Crippen LogP contribution in [-0.2, 0) is 10.8 Å². The van der Waals surface area contributed by atoms with Crippen molar-refractivity contribution in [1.82, 2.24) is 0 Å². The Balaban J connectivity index is 1.84. The highest BCUT2D eigenvalue weighted by atomic mass is 15.2. The summed E-state index contributed by atoms with van der Waals surface area (Å²) in [7, 11) is 2.13. The minimum Gasteiger partial charge on any atom is -0.347 e. The molecule has 2 nitrogen and oxygen atoms in total. The Bertz CT molecular complexity index is 818. The van der Waals surface area contributed by atoms with Gasteiger partial charge in [0.05, 0.1) is 5.69 Å². The zero-order chi connectivity index (χ0) is 18.2. The van der Waals surface area contributed by atoms with Crippen molar-refractivity contribution in [1.29, 1.82) is 0 Å². The number of para-hydroxylation sites is 1. The third kappa shape index (κ3) is 3.26. The van der Waals surface area contributed by atoms with E-state index in [1.807, 2.05) is 6.21 Å². The Hall–Kier alpha value is -2.35. The normalized spacial score (nSPS) is 18.2. The molecule has 3 rings (SSSR count). The van der Waals surface area contributed by atoms with Crippen molar-refractivity contribution >= 4 is 17.6 Å². The maximum Gasteiger partial charge on any atom is 0.0629 e. The molecular weight excluding hydrogens is 304 g/mol. The second-order valence-corrected chi connectivity index (χ2v) is 8.33. The molecule has 0 amide bonds. The highest BCUT2D eigenvalue weighted by Gasteiger charge is 2.37. The fourth-order valence-corrected chi connectivity index (χ4v) is 3.54. The first-order valence-corrected chi connectivity index (χ1v) is 8.90. The van der Waals surface area contributed by atoms with Crippen LogP contribution in [0.15, 0.2) is 65.3 Å². The van der Waals surface area contributed by atoms with Gasteiger partial charge in [-0.2, -0.15) is 0 Å². The number of anilines is 1. The van der Waals surface area contributed by atoms with Crippen LogP contribution in [0.25, 0.3) is 0 Å². The molecule has 2 aromatic rings. The molecule has 0 spiro atoms. The Kier molecular flexibility index (Phi) is 4.32. The molecule has 25 heavy (non-hydrogen) atoms. The van der Waals surface area contributed by atoms with Gasteiger partial charge in [-0.1, -0.05) is 65.0 Å². The molecule has 1 aliphatic heterocycles. The van der Waals surface area contributed by atoms with Crippen molar-refractivity contribution < 1.29 is 0 Å². The summed E-state index contributed by atoms with van der Waals surface area (Å²) in [6.07, 6.45) is 4.06. The summed E-state index contributed by atoms with van der Waals surface area (Å²) in [6.45, 7) is 11.2. The Morgan fingerprint density at radius 1 is 0.960 bits per heavy atom. The SMILES string of the molecule is CN1C(=CC=Nc2ccc(C(C)(C)C)cc2)C(C)(C)c2ccccc21. The number of hydrogen-bond acceptors (Lipinski definition) is 2. The molecule has 0 fully saturated rings. The summed E-state index contributed by atoms with van der Waals surface area (Å²) in [5.74, 6) is 0. The zero-order valence-electron chi connectivity index (χ0n) is 16.2. The number of nitrogens with zero attached hydrogens (tertiary/aromatic N) is 2. The van der Waals surface area contributed by atoms with Gasteiger partial charge in [-0.15, -0.1) is 0 Å². The van der Waals surface area contributed by atoms with Gasteiger partial charge < -0.3 is 4.90 Å². The predicted molar refractivity (Wildman–Crippen MR) is 109 cm³/mol. The highest BCUT2D eigenvalue weighted by Crippen LogP contribution is 2.46. The molecule has 0 saturated heterocycles. The molecule has 0 unspecified atom stereocenters. The van der Waals surface area contributed by atoms with Gasteiger partial charge in [0.2, 0.25) is 0 Å². The maximum absolute atomic E-state index is 4.63. The average molecular weight is 332 g/mol. The number of likely N-dealkylation sites (N-methyl/N-ethyl adjacent to an activating group) is 1. The maximum atomic E-state index is 4.63. The molecule has 130 valence electrons. The summed E-state index contributed by atoms with van der Waals surface area (Å²) in [5.41, 5.74) is 6.40. The van der Waals surface area contributed by atoms with Crippen molar-refractivity contribution in [2.45, 2.75) is 45.4 Å². The first-order valence-electron chi connectivity index (χ1n) is 8.90. The Morgan fingerprint density at radius 3 is 2.20 bits per heavy atom. The molecule has 0 radical (unpaired) electrons. The van der Waals surface area contributed by atoms with Crippen LogP contribution in [0.5, 0.6) is 0 Å². The van der Waals surface area contributed by atoms with Crippen molar-refractivity contribution in [3.05, 3.63) is 71.4 Å². The van der Waals surface area contributed by atoms with Crippen LogP contribution in [0, 0.1) is 0 Å². The molecule has 0 aromatic heterocycles. The van der Waals surface area contributed by atoms with E-state index in [2.05, 4.69) is 106 Å². The fraction of sp³-hybridized carbons (Fsp3) is 0.348. The lowest BCUT2D eigenvalue weighted by molar-refractivity contribution is 0.590. The molecule has 0 N–H and O–H groups in total. The Morgan fingerprint density at radius 2 is 1.60 bits per heavy atom. The van der Waals surface area contributed by atoms with E-state index >= 15 is 0 Å².